The van der Waals surface area contributed by atoms with Crippen molar-refractivity contribution in [2.45, 2.75) is 43.4 Å². The van der Waals surface area contributed by atoms with Crippen molar-refractivity contribution in [3.63, 3.8) is 0 Å². The van der Waals surface area contributed by atoms with Crippen molar-refractivity contribution in [3.05, 3.63) is 125 Å². The van der Waals surface area contributed by atoms with E-state index in [0.29, 0.717) is 60.8 Å². The van der Waals surface area contributed by atoms with Crippen molar-refractivity contribution in [2.75, 3.05) is 78.3 Å². The number of hydrogen-bond donors (Lipinski definition) is 5. The number of amides is 5. The molecule has 4 aliphatic rings. The summed E-state index contributed by atoms with van der Waals surface area (Å²) in [7, 11) is 6.17. The second kappa shape index (κ2) is 21.6. The molecular weight excluding hydrogens is 869 g/mol. The maximum absolute atomic E-state index is 13.7. The number of ether oxygens (including phenoxy) is 3. The van der Waals surface area contributed by atoms with Crippen LogP contribution >= 0.6 is 0 Å². The van der Waals surface area contributed by atoms with Gasteiger partial charge in [-0.3, -0.25) is 33.8 Å². The molecule has 0 spiro atoms. The number of carbonyl (C=O) groups is 5. The lowest BCUT2D eigenvalue weighted by atomic mass is 9.73. The fourth-order valence-corrected chi connectivity index (χ4v) is 9.39. The van der Waals surface area contributed by atoms with E-state index in [1.165, 1.54) is 24.0 Å². The van der Waals surface area contributed by atoms with Gasteiger partial charge in [-0.05, 0) is 110 Å². The average Bonchev–Trinajstić information content (AvgIpc) is 3.74. The zero-order chi connectivity index (χ0) is 48.4. The summed E-state index contributed by atoms with van der Waals surface area (Å²) < 4.78 is 15.6. The van der Waals surface area contributed by atoms with Crippen LogP contribution in [0.2, 0.25) is 0 Å². The monoisotopic (exact) mass is 928 g/mol. The first-order chi connectivity index (χ1) is 32.8. The second-order valence-corrected chi connectivity index (χ2v) is 17.2. The highest BCUT2D eigenvalue weighted by atomic mass is 16.5. The highest BCUT2D eigenvalue weighted by Crippen LogP contribution is 2.46. The SMILES string of the molecule is COCC(=O)Nc1cccc(C2(C3CCN(C(=O)c4ccc(OCc5ccccc5)cc4)CC3)N=C(N)N(C)C2=O)c1.COCC(=O)Nc1cccc(C2(C3CCNCC3)N=C(N)N(C)C2=O)c1. The maximum Gasteiger partial charge on any atom is 0.261 e. The normalized spacial score (nSPS) is 20.9. The third-order valence-corrected chi connectivity index (χ3v) is 12.9. The van der Waals surface area contributed by atoms with Gasteiger partial charge < -0.3 is 46.5 Å². The molecule has 4 aromatic carbocycles. The molecule has 0 aromatic heterocycles. The first kappa shape index (κ1) is 48.8. The van der Waals surface area contributed by atoms with Crippen molar-refractivity contribution < 1.29 is 38.2 Å². The van der Waals surface area contributed by atoms with Crippen LogP contribution in [0.15, 0.2) is 113 Å². The summed E-state index contributed by atoms with van der Waals surface area (Å²) in [4.78, 5) is 78.1. The van der Waals surface area contributed by atoms with E-state index in [1.807, 2.05) is 59.5 Å². The van der Waals surface area contributed by atoms with Crippen molar-refractivity contribution in [3.8, 4) is 5.75 Å². The van der Waals surface area contributed by atoms with Crippen LogP contribution in [0.25, 0.3) is 0 Å². The lowest BCUT2D eigenvalue weighted by Gasteiger charge is -2.40. The molecule has 18 nitrogen and oxygen atoms in total. The quantitative estimate of drug-likeness (QED) is 0.123. The second-order valence-electron chi connectivity index (χ2n) is 17.2. The molecule has 0 aliphatic carbocycles. The zero-order valence-electron chi connectivity index (χ0n) is 38.9. The Morgan fingerprint density at radius 3 is 1.62 bits per heavy atom. The summed E-state index contributed by atoms with van der Waals surface area (Å²) in [5, 5.41) is 8.90. The molecule has 4 aliphatic heterocycles. The highest BCUT2D eigenvalue weighted by Gasteiger charge is 2.55. The summed E-state index contributed by atoms with van der Waals surface area (Å²) in [5.74, 6) is -0.0693. The molecule has 358 valence electrons. The lowest BCUT2D eigenvalue weighted by Crippen LogP contribution is -2.49. The van der Waals surface area contributed by atoms with Crippen LogP contribution in [-0.4, -0.2) is 124 Å². The number of carbonyl (C=O) groups excluding carboxylic acids is 5. The van der Waals surface area contributed by atoms with E-state index < -0.39 is 11.1 Å². The topological polar surface area (TPSA) is 236 Å². The van der Waals surface area contributed by atoms with Crippen molar-refractivity contribution in [2.24, 2.45) is 33.3 Å². The minimum Gasteiger partial charge on any atom is -0.489 e. The standard InChI is InChI=1S/C32H35N5O5.C18H25N5O3/c1-36-30(40)32(35-31(36)33,25-9-6-10-26(19-25)34-28(38)21-41-2)24-15-17-37(18-16-24)29(39)23-11-13-27(14-12-23)42-20-22-7-4-3-5-8-22;1-23-16(25)18(22-17(23)19,12-6-8-20-9-7-12)13-4-3-5-14(10-13)21-15(24)11-26-2/h3-14,19,24H,15-18,20-21H2,1-2H3,(H2,33,35)(H,34,38);3-5,10,12,20H,6-9,11H2,1-2H3,(H2,19,22)(H,21,24). The lowest BCUT2D eigenvalue weighted by molar-refractivity contribution is -0.133. The fraction of sp³-hybridized carbons (Fsp3) is 0.380. The molecule has 68 heavy (non-hydrogen) atoms. The Bertz CT molecular complexity index is 2520. The molecule has 2 fully saturated rings. The Labute approximate surface area is 396 Å². The molecule has 0 radical (unpaired) electrons. The Hall–Kier alpha value is -7.15. The van der Waals surface area contributed by atoms with Crippen LogP contribution in [0.3, 0.4) is 0 Å². The van der Waals surface area contributed by atoms with Gasteiger partial charge in [-0.25, -0.2) is 9.98 Å². The number of nitrogens with two attached hydrogens (primary N) is 2. The number of methoxy groups -OCH3 is 2. The Morgan fingerprint density at radius 1 is 0.676 bits per heavy atom. The minimum atomic E-state index is -1.24. The molecule has 2 unspecified atom stereocenters. The van der Waals surface area contributed by atoms with Crippen molar-refractivity contribution >= 4 is 52.8 Å². The number of piperidine rings is 2. The molecule has 4 heterocycles. The van der Waals surface area contributed by atoms with E-state index in [2.05, 4.69) is 20.9 Å². The third-order valence-electron chi connectivity index (χ3n) is 12.9. The van der Waals surface area contributed by atoms with E-state index in [-0.39, 0.29) is 66.5 Å². The van der Waals surface area contributed by atoms with E-state index in [0.717, 1.165) is 37.1 Å². The van der Waals surface area contributed by atoms with E-state index >= 15 is 0 Å². The number of likely N-dealkylation sites (N-methyl/N-ethyl adjacent to an activating group) is 2. The van der Waals surface area contributed by atoms with Crippen LogP contribution in [0, 0.1) is 11.8 Å². The summed E-state index contributed by atoms with van der Waals surface area (Å²) in [6.07, 6.45) is 2.77. The summed E-state index contributed by atoms with van der Waals surface area (Å²) in [6.45, 7) is 2.94. The number of benzene rings is 4. The fourth-order valence-electron chi connectivity index (χ4n) is 9.39. The average molecular weight is 929 g/mol. The smallest absolute Gasteiger partial charge is 0.261 e. The number of hydrogen-bond acceptors (Lipinski definition) is 13. The molecule has 4 aromatic rings. The predicted molar refractivity (Wildman–Crippen MR) is 257 cm³/mol. The number of rotatable bonds is 14. The van der Waals surface area contributed by atoms with Crippen LogP contribution in [0.4, 0.5) is 11.4 Å². The van der Waals surface area contributed by atoms with Gasteiger partial charge in [0.1, 0.15) is 25.6 Å². The summed E-state index contributed by atoms with van der Waals surface area (Å²) in [5.41, 5.74) is 14.1. The van der Waals surface area contributed by atoms with Crippen LogP contribution < -0.4 is 32.2 Å². The Balaban J connectivity index is 0.000000225. The summed E-state index contributed by atoms with van der Waals surface area (Å²) >= 11 is 0. The van der Waals surface area contributed by atoms with Crippen LogP contribution in [0.5, 0.6) is 5.75 Å². The van der Waals surface area contributed by atoms with Crippen molar-refractivity contribution in [1.29, 1.82) is 0 Å². The molecule has 8 rings (SSSR count). The van der Waals surface area contributed by atoms with E-state index in [1.54, 1.807) is 62.6 Å². The molecule has 5 amide bonds. The van der Waals surface area contributed by atoms with Gasteiger partial charge in [-0.2, -0.15) is 0 Å². The first-order valence-electron chi connectivity index (χ1n) is 22.6. The van der Waals surface area contributed by atoms with Gasteiger partial charge in [0.15, 0.2) is 23.0 Å². The van der Waals surface area contributed by atoms with Crippen molar-refractivity contribution in [1.82, 2.24) is 20.0 Å². The molecule has 2 atom stereocenters. The van der Waals surface area contributed by atoms with Gasteiger partial charge in [-0.15, -0.1) is 0 Å². The molecule has 18 heteroatoms. The number of nitrogens with one attached hydrogen (secondary N) is 3. The van der Waals surface area contributed by atoms with Gasteiger partial charge in [0, 0.05) is 64.3 Å². The molecular formula is C50H60N10O8. The van der Waals surface area contributed by atoms with E-state index in [4.69, 9.17) is 30.7 Å². The van der Waals surface area contributed by atoms with Crippen LogP contribution in [-0.2, 0) is 46.3 Å². The summed E-state index contributed by atoms with van der Waals surface area (Å²) in [6, 6.07) is 31.5. The van der Waals surface area contributed by atoms with Gasteiger partial charge in [-0.1, -0.05) is 54.6 Å². The zero-order valence-corrected chi connectivity index (χ0v) is 38.9. The molecule has 7 N–H and O–H groups in total. The van der Waals surface area contributed by atoms with Gasteiger partial charge in [0.2, 0.25) is 11.8 Å². The molecule has 0 saturated carbocycles. The number of aliphatic imine (C=N–C) groups is 2. The van der Waals surface area contributed by atoms with E-state index in [9.17, 15) is 24.0 Å². The van der Waals surface area contributed by atoms with Gasteiger partial charge >= 0.3 is 0 Å². The number of nitrogens with zero attached hydrogens (tertiary/aromatic N) is 5. The highest BCUT2D eigenvalue weighted by molar-refractivity contribution is 6.08. The van der Waals surface area contributed by atoms with Crippen LogP contribution in [0.1, 0.15) is 52.7 Å². The maximum atomic E-state index is 13.7. The predicted octanol–water partition coefficient (Wildman–Crippen LogP) is 3.64. The number of likely N-dealkylation sites (tertiary alicyclic amines) is 1. The number of guanidine groups is 2. The first-order valence-corrected chi connectivity index (χ1v) is 22.6. The largest absolute Gasteiger partial charge is 0.489 e. The number of anilines is 2. The Morgan fingerprint density at radius 2 is 1.16 bits per heavy atom. The molecule has 0 bridgehead atoms. The van der Waals surface area contributed by atoms with Gasteiger partial charge in [0.05, 0.1) is 0 Å². The van der Waals surface area contributed by atoms with Gasteiger partial charge in [0.25, 0.3) is 17.7 Å². The third kappa shape index (κ3) is 10.4. The Kier molecular flexibility index (Phi) is 15.5. The molecule has 2 saturated heterocycles. The minimum absolute atomic E-state index is 0.0313.